The normalized spacial score (nSPS) is 10.3. The summed E-state index contributed by atoms with van der Waals surface area (Å²) in [5.74, 6) is -2.31. The number of aliphatic carboxylic acids is 1. The summed E-state index contributed by atoms with van der Waals surface area (Å²) < 4.78 is 0. The van der Waals surface area contributed by atoms with Gasteiger partial charge in [-0.3, -0.25) is 4.98 Å². The van der Waals surface area contributed by atoms with E-state index in [-0.39, 0.29) is 18.5 Å². The van der Waals surface area contributed by atoms with Crippen molar-refractivity contribution in [3.05, 3.63) is 36.0 Å². The van der Waals surface area contributed by atoms with Gasteiger partial charge >= 0.3 is 5.97 Å². The first kappa shape index (κ1) is 12.8. The van der Waals surface area contributed by atoms with Gasteiger partial charge in [-0.15, -0.1) is 0 Å². The summed E-state index contributed by atoms with van der Waals surface area (Å²) in [4.78, 5) is 25.6. The van der Waals surface area contributed by atoms with Gasteiger partial charge < -0.3 is 20.3 Å². The molecule has 1 heterocycles. The smallest absolute Gasteiger partial charge is 0.339 e. The predicted octanol–water partition coefficient (Wildman–Crippen LogP) is 0.485. The number of carboxylic acid groups (broad SMARTS) is 2. The highest BCUT2D eigenvalue weighted by Gasteiger charge is 2.13. The number of anilines is 1. The summed E-state index contributed by atoms with van der Waals surface area (Å²) in [5, 5.41) is 23.0. The molecule has 0 unspecified atom stereocenters. The number of rotatable bonds is 5. The molecule has 98 valence electrons. The molecular formula is C13H11N2O4-. The highest BCUT2D eigenvalue weighted by atomic mass is 16.4. The molecule has 6 nitrogen and oxygen atoms in total. The van der Waals surface area contributed by atoms with Crippen molar-refractivity contribution in [3.8, 4) is 0 Å². The quantitative estimate of drug-likeness (QED) is 0.809. The molecule has 19 heavy (non-hydrogen) atoms. The Morgan fingerprint density at radius 2 is 2.05 bits per heavy atom. The molecule has 0 bridgehead atoms. The van der Waals surface area contributed by atoms with E-state index in [1.165, 1.54) is 6.20 Å². The van der Waals surface area contributed by atoms with Gasteiger partial charge in [0.05, 0.1) is 11.2 Å². The van der Waals surface area contributed by atoms with Crippen LogP contribution in [0.25, 0.3) is 10.9 Å². The van der Waals surface area contributed by atoms with Crippen LogP contribution in [-0.2, 0) is 4.79 Å². The summed E-state index contributed by atoms with van der Waals surface area (Å²) >= 11 is 0. The standard InChI is InChI=1S/C13H12N2O4/c16-11(17)5-6-14-12-8-3-1-2-4-10(8)15-7-9(12)13(18)19/h1-4,7H,5-6H2,(H,14,15)(H,16,17)(H,18,19)/p-1. The first-order valence-electron chi connectivity index (χ1n) is 5.64. The number of carbonyl (C=O) groups is 2. The zero-order chi connectivity index (χ0) is 13.8. The fourth-order valence-corrected chi connectivity index (χ4v) is 1.78. The van der Waals surface area contributed by atoms with Crippen LogP contribution in [-0.4, -0.2) is 28.6 Å². The van der Waals surface area contributed by atoms with Crippen molar-refractivity contribution >= 4 is 28.5 Å². The van der Waals surface area contributed by atoms with Crippen LogP contribution in [0.1, 0.15) is 16.8 Å². The number of pyridine rings is 1. The minimum Gasteiger partial charge on any atom is -0.550 e. The van der Waals surface area contributed by atoms with Gasteiger partial charge in [-0.05, 0) is 6.07 Å². The van der Waals surface area contributed by atoms with Crippen LogP contribution in [0.15, 0.2) is 30.5 Å². The topological polar surface area (TPSA) is 102 Å². The molecule has 0 saturated heterocycles. The van der Waals surface area contributed by atoms with E-state index in [0.717, 1.165) is 0 Å². The third-order valence-electron chi connectivity index (χ3n) is 2.64. The number of carbonyl (C=O) groups excluding carboxylic acids is 1. The van der Waals surface area contributed by atoms with Crippen LogP contribution in [0, 0.1) is 0 Å². The third kappa shape index (κ3) is 2.79. The predicted molar refractivity (Wildman–Crippen MR) is 66.8 cm³/mol. The van der Waals surface area contributed by atoms with Gasteiger partial charge in [0.2, 0.25) is 0 Å². The van der Waals surface area contributed by atoms with Gasteiger partial charge in [0.15, 0.2) is 0 Å². The molecule has 2 aromatic rings. The number of hydrogen-bond donors (Lipinski definition) is 2. The summed E-state index contributed by atoms with van der Waals surface area (Å²) in [7, 11) is 0. The maximum Gasteiger partial charge on any atom is 0.339 e. The van der Waals surface area contributed by atoms with Crippen molar-refractivity contribution in [1.82, 2.24) is 4.98 Å². The second kappa shape index (κ2) is 5.34. The monoisotopic (exact) mass is 259 g/mol. The Hall–Kier alpha value is -2.63. The second-order valence-electron chi connectivity index (χ2n) is 3.92. The number of nitrogens with zero attached hydrogens (tertiary/aromatic N) is 1. The lowest BCUT2D eigenvalue weighted by molar-refractivity contribution is -0.305. The fourth-order valence-electron chi connectivity index (χ4n) is 1.78. The summed E-state index contributed by atoms with van der Waals surface area (Å²) in [5.41, 5.74) is 1.03. The van der Waals surface area contributed by atoms with E-state index in [9.17, 15) is 14.7 Å². The van der Waals surface area contributed by atoms with E-state index >= 15 is 0 Å². The van der Waals surface area contributed by atoms with E-state index in [1.807, 2.05) is 0 Å². The van der Waals surface area contributed by atoms with E-state index in [4.69, 9.17) is 5.11 Å². The van der Waals surface area contributed by atoms with Crippen LogP contribution in [0.5, 0.6) is 0 Å². The fraction of sp³-hybridized carbons (Fsp3) is 0.154. The van der Waals surface area contributed by atoms with Crippen LogP contribution in [0.3, 0.4) is 0 Å². The Balaban J connectivity index is 2.43. The molecule has 1 aromatic carbocycles. The van der Waals surface area contributed by atoms with Crippen molar-refractivity contribution in [2.45, 2.75) is 6.42 Å². The highest BCUT2D eigenvalue weighted by Crippen LogP contribution is 2.25. The average Bonchev–Trinajstić information content (AvgIpc) is 2.38. The van der Waals surface area contributed by atoms with E-state index < -0.39 is 11.9 Å². The van der Waals surface area contributed by atoms with Gasteiger partial charge in [0.25, 0.3) is 0 Å². The van der Waals surface area contributed by atoms with Crippen molar-refractivity contribution < 1.29 is 19.8 Å². The van der Waals surface area contributed by atoms with Crippen molar-refractivity contribution in [3.63, 3.8) is 0 Å². The van der Waals surface area contributed by atoms with Crippen LogP contribution >= 0.6 is 0 Å². The van der Waals surface area contributed by atoms with Gasteiger partial charge in [-0.2, -0.15) is 0 Å². The van der Waals surface area contributed by atoms with Crippen molar-refractivity contribution in [2.24, 2.45) is 0 Å². The molecule has 0 aliphatic carbocycles. The number of aromatic carboxylic acids is 1. The Kier molecular flexibility index (Phi) is 3.61. The Morgan fingerprint density at radius 3 is 2.74 bits per heavy atom. The van der Waals surface area contributed by atoms with Crippen molar-refractivity contribution in [2.75, 3.05) is 11.9 Å². The van der Waals surface area contributed by atoms with Gasteiger partial charge in [0.1, 0.15) is 5.56 Å². The highest BCUT2D eigenvalue weighted by molar-refractivity contribution is 6.04. The lowest BCUT2D eigenvalue weighted by atomic mass is 10.1. The Labute approximate surface area is 108 Å². The zero-order valence-corrected chi connectivity index (χ0v) is 9.92. The molecule has 2 rings (SSSR count). The number of aromatic nitrogens is 1. The first-order valence-corrected chi connectivity index (χ1v) is 5.64. The zero-order valence-electron chi connectivity index (χ0n) is 9.92. The van der Waals surface area contributed by atoms with Crippen molar-refractivity contribution in [1.29, 1.82) is 0 Å². The molecule has 0 radical (unpaired) electrons. The second-order valence-corrected chi connectivity index (χ2v) is 3.92. The SMILES string of the molecule is O=C([O-])CCNc1c(C(=O)O)cnc2ccccc12. The van der Waals surface area contributed by atoms with Gasteiger partial charge in [-0.25, -0.2) is 4.79 Å². The molecule has 0 fully saturated rings. The largest absolute Gasteiger partial charge is 0.550 e. The Bertz CT molecular complexity index is 640. The lowest BCUT2D eigenvalue weighted by Gasteiger charge is -2.12. The van der Waals surface area contributed by atoms with E-state index in [0.29, 0.717) is 16.6 Å². The van der Waals surface area contributed by atoms with Crippen LogP contribution in [0.4, 0.5) is 5.69 Å². The Morgan fingerprint density at radius 1 is 1.32 bits per heavy atom. The minimum absolute atomic E-state index is 0.0112. The molecule has 0 atom stereocenters. The molecule has 0 amide bonds. The van der Waals surface area contributed by atoms with E-state index in [1.54, 1.807) is 24.3 Å². The molecule has 0 saturated carbocycles. The van der Waals surface area contributed by atoms with Crippen LogP contribution in [0.2, 0.25) is 0 Å². The number of fused-ring (bicyclic) bond motifs is 1. The molecule has 0 aliphatic heterocycles. The van der Waals surface area contributed by atoms with Crippen LogP contribution < -0.4 is 10.4 Å². The molecular weight excluding hydrogens is 248 g/mol. The molecule has 0 spiro atoms. The number of benzene rings is 1. The lowest BCUT2D eigenvalue weighted by Crippen LogP contribution is -2.25. The number of hydrogen-bond acceptors (Lipinski definition) is 5. The number of carboxylic acids is 2. The summed E-state index contributed by atoms with van der Waals surface area (Å²) in [6, 6.07) is 7.04. The number of nitrogens with one attached hydrogen (secondary N) is 1. The maximum atomic E-state index is 11.2. The minimum atomic E-state index is -1.19. The molecule has 2 N–H and O–H groups in total. The molecule has 0 aliphatic rings. The maximum absolute atomic E-state index is 11.2. The van der Waals surface area contributed by atoms with E-state index in [2.05, 4.69) is 10.3 Å². The molecule has 6 heteroatoms. The first-order chi connectivity index (χ1) is 9.09. The van der Waals surface area contributed by atoms with Gasteiger partial charge in [0, 0.05) is 30.5 Å². The molecule has 1 aromatic heterocycles. The average molecular weight is 259 g/mol. The summed E-state index contributed by atoms with van der Waals surface area (Å²) in [6.07, 6.45) is 1.06. The third-order valence-corrected chi connectivity index (χ3v) is 2.64. The summed E-state index contributed by atoms with van der Waals surface area (Å²) in [6.45, 7) is 0.0939. The van der Waals surface area contributed by atoms with Gasteiger partial charge in [-0.1, -0.05) is 18.2 Å². The number of para-hydroxylation sites is 1.